The van der Waals surface area contributed by atoms with E-state index in [4.69, 9.17) is 0 Å². The van der Waals surface area contributed by atoms with E-state index < -0.39 is 5.69 Å². The van der Waals surface area contributed by atoms with E-state index in [9.17, 15) is 14.7 Å². The normalized spacial score (nSPS) is 12.9. The largest absolute Gasteiger partial charge is 0.394 e. The molecule has 9 heteroatoms. The predicted octanol–water partition coefficient (Wildman–Crippen LogP) is -0.0417. The number of aliphatic hydroxyl groups excluding tert-OH is 1. The Morgan fingerprint density at radius 3 is 2.35 bits per heavy atom. The number of hydrogen-bond acceptors (Lipinski definition) is 6. The fourth-order valence-electron chi connectivity index (χ4n) is 3.02. The summed E-state index contributed by atoms with van der Waals surface area (Å²) < 4.78 is 4.31. The summed E-state index contributed by atoms with van der Waals surface area (Å²) in [5.74, 6) is 0.506. The van der Waals surface area contributed by atoms with Crippen molar-refractivity contribution in [3.8, 4) is 0 Å². The molecule has 0 fully saturated rings. The number of hydrogen-bond donors (Lipinski definition) is 2. The highest BCUT2D eigenvalue weighted by molar-refractivity contribution is 5.74. The van der Waals surface area contributed by atoms with Crippen LogP contribution in [0.15, 0.2) is 9.59 Å². The topological polar surface area (TPSA) is 97.3 Å². The number of rotatable bonds is 9. The van der Waals surface area contributed by atoms with Crippen LogP contribution in [0, 0.1) is 0 Å². The van der Waals surface area contributed by atoms with Crippen LogP contribution >= 0.6 is 0 Å². The summed E-state index contributed by atoms with van der Waals surface area (Å²) in [7, 11) is 3.08. The van der Waals surface area contributed by atoms with Crippen molar-refractivity contribution >= 4 is 17.1 Å². The van der Waals surface area contributed by atoms with E-state index >= 15 is 0 Å². The van der Waals surface area contributed by atoms with Crippen LogP contribution in [0.3, 0.4) is 0 Å². The number of nitrogens with zero attached hydrogens (tertiary/aromatic N) is 5. The molecule has 0 bridgehead atoms. The molecular weight excluding hydrogens is 336 g/mol. The van der Waals surface area contributed by atoms with Crippen molar-refractivity contribution in [2.75, 3.05) is 31.6 Å². The van der Waals surface area contributed by atoms with Gasteiger partial charge in [0.2, 0.25) is 5.95 Å². The maximum absolute atomic E-state index is 12.7. The first kappa shape index (κ1) is 20.2. The number of aromatic nitrogens is 4. The maximum Gasteiger partial charge on any atom is 0.332 e. The van der Waals surface area contributed by atoms with Crippen LogP contribution < -0.4 is 16.6 Å². The third-order valence-corrected chi connectivity index (χ3v) is 4.93. The lowest BCUT2D eigenvalue weighted by Gasteiger charge is -2.20. The molecule has 1 unspecified atom stereocenters. The smallest absolute Gasteiger partial charge is 0.332 e. The highest BCUT2D eigenvalue weighted by Crippen LogP contribution is 2.17. The van der Waals surface area contributed by atoms with Crippen LogP contribution in [0.5, 0.6) is 0 Å². The molecule has 0 aliphatic carbocycles. The second kappa shape index (κ2) is 8.50. The third-order valence-electron chi connectivity index (χ3n) is 4.93. The van der Waals surface area contributed by atoms with Gasteiger partial charge in [0.1, 0.15) is 0 Å². The number of aryl methyl sites for hydroxylation is 1. The molecular formula is C17H30N6O3. The van der Waals surface area contributed by atoms with Crippen molar-refractivity contribution < 1.29 is 5.11 Å². The van der Waals surface area contributed by atoms with E-state index in [2.05, 4.69) is 29.0 Å². The molecule has 0 amide bonds. The van der Waals surface area contributed by atoms with Gasteiger partial charge in [-0.25, -0.2) is 4.79 Å². The molecule has 0 radical (unpaired) electrons. The van der Waals surface area contributed by atoms with Gasteiger partial charge in [0.05, 0.1) is 12.6 Å². The molecule has 2 N–H and O–H groups in total. The Labute approximate surface area is 152 Å². The van der Waals surface area contributed by atoms with Crippen molar-refractivity contribution in [2.45, 2.75) is 39.8 Å². The Bertz CT molecular complexity index is 858. The first-order chi connectivity index (χ1) is 12.4. The first-order valence-electron chi connectivity index (χ1n) is 9.15. The monoisotopic (exact) mass is 366 g/mol. The first-order valence-corrected chi connectivity index (χ1v) is 9.15. The Morgan fingerprint density at radius 2 is 1.81 bits per heavy atom. The number of aliphatic hydroxyl groups is 1. The second-order valence-corrected chi connectivity index (χ2v) is 6.42. The molecule has 0 aromatic carbocycles. The molecule has 2 aromatic heterocycles. The highest BCUT2D eigenvalue weighted by atomic mass is 16.3. The number of nitrogens with one attached hydrogen (secondary N) is 1. The number of anilines is 1. The van der Waals surface area contributed by atoms with Crippen LogP contribution in [0.4, 0.5) is 5.95 Å². The van der Waals surface area contributed by atoms with Gasteiger partial charge in [-0.2, -0.15) is 4.98 Å². The molecule has 2 rings (SSSR count). The van der Waals surface area contributed by atoms with Gasteiger partial charge in [-0.05, 0) is 19.5 Å². The lowest BCUT2D eigenvalue weighted by Crippen LogP contribution is -2.38. The van der Waals surface area contributed by atoms with Gasteiger partial charge < -0.3 is 19.9 Å². The van der Waals surface area contributed by atoms with Crippen LogP contribution in [-0.4, -0.2) is 61.0 Å². The van der Waals surface area contributed by atoms with E-state index in [1.807, 2.05) is 11.5 Å². The van der Waals surface area contributed by atoms with Crippen molar-refractivity contribution in [1.29, 1.82) is 0 Å². The van der Waals surface area contributed by atoms with Crippen LogP contribution in [0.1, 0.15) is 27.2 Å². The summed E-state index contributed by atoms with van der Waals surface area (Å²) in [5.41, 5.74) is -0.0122. The fourth-order valence-corrected chi connectivity index (χ4v) is 3.02. The zero-order valence-electron chi connectivity index (χ0n) is 16.3. The minimum Gasteiger partial charge on any atom is -0.394 e. The van der Waals surface area contributed by atoms with E-state index in [-0.39, 0.29) is 18.2 Å². The fraction of sp³-hybridized carbons (Fsp3) is 0.706. The second-order valence-electron chi connectivity index (χ2n) is 6.42. The summed E-state index contributed by atoms with van der Waals surface area (Å²) in [6.45, 7) is 9.27. The van der Waals surface area contributed by atoms with E-state index in [0.717, 1.165) is 24.2 Å². The Hall–Kier alpha value is -2.13. The predicted molar refractivity (Wildman–Crippen MR) is 103 cm³/mol. The zero-order valence-corrected chi connectivity index (χ0v) is 16.3. The quantitative estimate of drug-likeness (QED) is 0.646. The summed E-state index contributed by atoms with van der Waals surface area (Å²) in [6.07, 6.45) is 0.715. The van der Waals surface area contributed by atoms with Gasteiger partial charge in [0.15, 0.2) is 11.2 Å². The highest BCUT2D eigenvalue weighted by Gasteiger charge is 2.20. The van der Waals surface area contributed by atoms with Gasteiger partial charge in [-0.3, -0.25) is 13.9 Å². The Balaban J connectivity index is 2.62. The number of imidazole rings is 1. The van der Waals surface area contributed by atoms with Crippen molar-refractivity contribution in [3.05, 3.63) is 20.8 Å². The van der Waals surface area contributed by atoms with Gasteiger partial charge in [0.25, 0.3) is 5.56 Å². The molecule has 2 heterocycles. The minimum atomic E-state index is -0.406. The molecule has 0 aliphatic heterocycles. The summed E-state index contributed by atoms with van der Waals surface area (Å²) >= 11 is 0. The van der Waals surface area contributed by atoms with Gasteiger partial charge in [-0.15, -0.1) is 0 Å². The van der Waals surface area contributed by atoms with E-state index in [1.165, 1.54) is 11.6 Å². The molecule has 0 spiro atoms. The van der Waals surface area contributed by atoms with Crippen LogP contribution in [-0.2, 0) is 20.6 Å². The van der Waals surface area contributed by atoms with Crippen molar-refractivity contribution in [2.24, 2.45) is 14.1 Å². The average Bonchev–Trinajstić information content (AvgIpc) is 3.01. The molecule has 146 valence electrons. The molecule has 1 atom stereocenters. The van der Waals surface area contributed by atoms with Gasteiger partial charge in [0, 0.05) is 27.2 Å². The van der Waals surface area contributed by atoms with Crippen LogP contribution in [0.2, 0.25) is 0 Å². The third kappa shape index (κ3) is 3.68. The van der Waals surface area contributed by atoms with E-state index in [1.54, 1.807) is 7.05 Å². The Kier molecular flexibility index (Phi) is 6.60. The Morgan fingerprint density at radius 1 is 1.15 bits per heavy atom. The molecule has 26 heavy (non-hydrogen) atoms. The lowest BCUT2D eigenvalue weighted by molar-refractivity contribution is 0.270. The number of fused-ring (bicyclic) bond motifs is 1. The summed E-state index contributed by atoms with van der Waals surface area (Å²) in [6, 6.07) is -0.167. The minimum absolute atomic E-state index is 0.0350. The average molecular weight is 366 g/mol. The van der Waals surface area contributed by atoms with Crippen molar-refractivity contribution in [3.63, 3.8) is 0 Å². The molecule has 0 saturated heterocycles. The van der Waals surface area contributed by atoms with E-state index in [0.29, 0.717) is 30.1 Å². The molecule has 0 aliphatic rings. The summed E-state index contributed by atoms with van der Waals surface area (Å²) in [4.78, 5) is 31.7. The molecule has 2 aromatic rings. The summed E-state index contributed by atoms with van der Waals surface area (Å²) in [5, 5.41) is 12.7. The SMILES string of the molecule is CCC(CO)Nc1nc2c(c(=O)n(C)c(=O)n2C)n1CCN(CC)CC. The lowest BCUT2D eigenvalue weighted by atomic mass is 10.2. The standard InChI is InChI=1S/C17H30N6O3/c1-6-12(11-24)18-16-19-14-13(15(25)21(5)17(26)20(14)4)23(16)10-9-22(7-2)8-3/h12,24H,6-11H2,1-5H3,(H,18,19). The zero-order chi connectivity index (χ0) is 19.4. The van der Waals surface area contributed by atoms with Gasteiger partial charge in [-0.1, -0.05) is 20.8 Å². The van der Waals surface area contributed by atoms with Gasteiger partial charge >= 0.3 is 5.69 Å². The molecule has 0 saturated carbocycles. The van der Waals surface area contributed by atoms with Crippen LogP contribution in [0.25, 0.3) is 11.2 Å². The number of likely N-dealkylation sites (N-methyl/N-ethyl adjacent to an activating group) is 1. The molecule has 9 nitrogen and oxygen atoms in total. The maximum atomic E-state index is 12.7. The van der Waals surface area contributed by atoms with Crippen molar-refractivity contribution in [1.82, 2.24) is 23.6 Å².